The Bertz CT molecular complexity index is 581. The first-order chi connectivity index (χ1) is 9.36. The highest BCUT2D eigenvalue weighted by molar-refractivity contribution is 7.89. The molecule has 5 nitrogen and oxygen atoms in total. The van der Waals surface area contributed by atoms with Crippen LogP contribution >= 0.6 is 11.6 Å². The smallest absolute Gasteiger partial charge is 0.243 e. The van der Waals surface area contributed by atoms with Gasteiger partial charge in [0.15, 0.2) is 0 Å². The summed E-state index contributed by atoms with van der Waals surface area (Å²) in [5.74, 6) is 0.216. The zero-order valence-corrected chi connectivity index (χ0v) is 12.9. The van der Waals surface area contributed by atoms with Gasteiger partial charge in [0.2, 0.25) is 10.0 Å². The van der Waals surface area contributed by atoms with Crippen LogP contribution in [0.3, 0.4) is 0 Å². The number of nitrogens with zero attached hydrogens (tertiary/aromatic N) is 1. The fraction of sp³-hybridized carbons (Fsp3) is 0.538. The second-order valence-corrected chi connectivity index (χ2v) is 7.49. The Morgan fingerprint density at radius 3 is 2.80 bits per heavy atom. The van der Waals surface area contributed by atoms with Crippen molar-refractivity contribution in [1.29, 1.82) is 0 Å². The monoisotopic (exact) mass is 318 g/mol. The highest BCUT2D eigenvalue weighted by Crippen LogP contribution is 2.30. The van der Waals surface area contributed by atoms with Crippen LogP contribution in [0.5, 0.6) is 0 Å². The predicted molar refractivity (Wildman–Crippen MR) is 79.2 cm³/mol. The fourth-order valence-electron chi connectivity index (χ4n) is 2.41. The molecule has 1 aromatic rings. The van der Waals surface area contributed by atoms with Crippen LogP contribution in [0.1, 0.15) is 18.4 Å². The van der Waals surface area contributed by atoms with Gasteiger partial charge in [-0.2, -0.15) is 4.31 Å². The van der Waals surface area contributed by atoms with Crippen LogP contribution in [0.15, 0.2) is 17.0 Å². The first-order valence-electron chi connectivity index (χ1n) is 6.53. The van der Waals surface area contributed by atoms with Crippen molar-refractivity contribution >= 4 is 27.3 Å². The number of hydrogen-bond donors (Lipinski definition) is 2. The lowest BCUT2D eigenvalue weighted by Gasteiger charge is -2.17. The van der Waals surface area contributed by atoms with Crippen LogP contribution < -0.4 is 5.73 Å². The molecule has 0 amide bonds. The maximum absolute atomic E-state index is 12.5. The Balaban J connectivity index is 2.28. The number of anilines is 1. The molecule has 0 aromatic heterocycles. The van der Waals surface area contributed by atoms with Gasteiger partial charge in [-0.1, -0.05) is 11.6 Å². The average Bonchev–Trinajstić information content (AvgIpc) is 2.85. The van der Waals surface area contributed by atoms with Crippen LogP contribution in [-0.2, 0) is 10.0 Å². The van der Waals surface area contributed by atoms with E-state index in [0.29, 0.717) is 35.8 Å². The summed E-state index contributed by atoms with van der Waals surface area (Å²) in [6, 6.07) is 2.90. The number of sulfonamides is 1. The van der Waals surface area contributed by atoms with Gasteiger partial charge in [0.25, 0.3) is 0 Å². The summed E-state index contributed by atoms with van der Waals surface area (Å²) in [4.78, 5) is 0.134. The van der Waals surface area contributed by atoms with E-state index in [1.165, 1.54) is 16.4 Å². The normalized spacial score (nSPS) is 20.4. The Labute approximate surface area is 124 Å². The summed E-state index contributed by atoms with van der Waals surface area (Å²) in [6.07, 6.45) is 1.40. The largest absolute Gasteiger partial charge is 0.398 e. The zero-order valence-electron chi connectivity index (χ0n) is 11.3. The molecule has 0 aliphatic carbocycles. The van der Waals surface area contributed by atoms with E-state index in [4.69, 9.17) is 22.4 Å². The number of hydrogen-bond acceptors (Lipinski definition) is 4. The highest BCUT2D eigenvalue weighted by atomic mass is 35.5. The van der Waals surface area contributed by atoms with Gasteiger partial charge in [-0.05, 0) is 43.4 Å². The maximum atomic E-state index is 12.5. The predicted octanol–water partition coefficient (Wildman–Crippen LogP) is 1.62. The molecule has 2 rings (SSSR count). The molecule has 0 spiro atoms. The average molecular weight is 319 g/mol. The lowest BCUT2D eigenvalue weighted by atomic mass is 10.1. The van der Waals surface area contributed by atoms with Crippen molar-refractivity contribution in [2.24, 2.45) is 5.92 Å². The summed E-state index contributed by atoms with van der Waals surface area (Å²) in [5, 5.41) is 9.29. The lowest BCUT2D eigenvalue weighted by Crippen LogP contribution is -2.29. The third-order valence-corrected chi connectivity index (χ3v) is 6.02. The summed E-state index contributed by atoms with van der Waals surface area (Å²) >= 11 is 6.01. The van der Waals surface area contributed by atoms with Crippen molar-refractivity contribution < 1.29 is 13.5 Å². The molecule has 20 heavy (non-hydrogen) atoms. The molecule has 7 heteroatoms. The van der Waals surface area contributed by atoms with Gasteiger partial charge < -0.3 is 10.8 Å². The third-order valence-electron chi connectivity index (χ3n) is 3.78. The molecule has 0 bridgehead atoms. The Hall–Kier alpha value is -0.820. The van der Waals surface area contributed by atoms with E-state index in [1.807, 2.05) is 0 Å². The Morgan fingerprint density at radius 2 is 2.20 bits per heavy atom. The number of halogens is 1. The van der Waals surface area contributed by atoms with Crippen molar-refractivity contribution in [3.63, 3.8) is 0 Å². The molecule has 1 aromatic carbocycles. The molecule has 1 aliphatic heterocycles. The van der Waals surface area contributed by atoms with Crippen LogP contribution in [0, 0.1) is 12.8 Å². The number of nitrogens with two attached hydrogens (primary N) is 1. The molecular formula is C13H19ClN2O3S. The van der Waals surface area contributed by atoms with E-state index in [0.717, 1.165) is 6.42 Å². The second kappa shape index (κ2) is 5.89. The molecule has 0 radical (unpaired) electrons. The standard InChI is InChI=1S/C13H19ClN2O3S/c1-9-12(14)6-11(7-13(9)15)20(18,19)16-4-2-10(8-16)3-5-17/h6-7,10,17H,2-5,8,15H2,1H3. The zero-order chi connectivity index (χ0) is 14.9. The minimum Gasteiger partial charge on any atom is -0.398 e. The van der Waals surface area contributed by atoms with E-state index in [1.54, 1.807) is 6.92 Å². The quantitative estimate of drug-likeness (QED) is 0.826. The van der Waals surface area contributed by atoms with Crippen LogP contribution in [-0.4, -0.2) is 37.5 Å². The second-order valence-electron chi connectivity index (χ2n) is 5.15. The van der Waals surface area contributed by atoms with Gasteiger partial charge in [-0.3, -0.25) is 0 Å². The molecule has 1 atom stereocenters. The fourth-order valence-corrected chi connectivity index (χ4v) is 4.29. The summed E-state index contributed by atoms with van der Waals surface area (Å²) < 4.78 is 26.5. The van der Waals surface area contributed by atoms with Gasteiger partial charge in [0, 0.05) is 30.4 Å². The molecule has 1 aliphatic rings. The van der Waals surface area contributed by atoms with Gasteiger partial charge in [-0.25, -0.2) is 8.42 Å². The molecule has 112 valence electrons. The van der Waals surface area contributed by atoms with E-state index in [9.17, 15) is 8.42 Å². The van der Waals surface area contributed by atoms with Crippen molar-refractivity contribution in [3.05, 3.63) is 22.7 Å². The Kier molecular flexibility index (Phi) is 4.59. The molecular weight excluding hydrogens is 300 g/mol. The highest BCUT2D eigenvalue weighted by Gasteiger charge is 2.32. The SMILES string of the molecule is Cc1c(N)cc(S(=O)(=O)N2CCC(CCO)C2)cc1Cl. The molecule has 0 saturated carbocycles. The van der Waals surface area contributed by atoms with Gasteiger partial charge >= 0.3 is 0 Å². The molecule has 1 unspecified atom stereocenters. The molecule has 1 fully saturated rings. The topological polar surface area (TPSA) is 83.6 Å². The number of rotatable bonds is 4. The van der Waals surface area contributed by atoms with Crippen molar-refractivity contribution in [3.8, 4) is 0 Å². The summed E-state index contributed by atoms with van der Waals surface area (Å²) in [5.41, 5.74) is 6.85. The van der Waals surface area contributed by atoms with Crippen LogP contribution in [0.25, 0.3) is 0 Å². The van der Waals surface area contributed by atoms with Crippen LogP contribution in [0.2, 0.25) is 5.02 Å². The minimum absolute atomic E-state index is 0.0852. The summed E-state index contributed by atoms with van der Waals surface area (Å²) in [7, 11) is -3.56. The number of benzene rings is 1. The minimum atomic E-state index is -3.56. The van der Waals surface area contributed by atoms with E-state index in [-0.39, 0.29) is 17.4 Å². The first kappa shape index (κ1) is 15.6. The summed E-state index contributed by atoms with van der Waals surface area (Å²) in [6.45, 7) is 2.75. The van der Waals surface area contributed by atoms with Crippen molar-refractivity contribution in [1.82, 2.24) is 4.31 Å². The third kappa shape index (κ3) is 2.93. The number of nitrogen functional groups attached to an aromatic ring is 1. The van der Waals surface area contributed by atoms with E-state index < -0.39 is 10.0 Å². The lowest BCUT2D eigenvalue weighted by molar-refractivity contribution is 0.259. The van der Waals surface area contributed by atoms with Gasteiger partial charge in [0.1, 0.15) is 0 Å². The van der Waals surface area contributed by atoms with E-state index >= 15 is 0 Å². The first-order valence-corrected chi connectivity index (χ1v) is 8.34. The van der Waals surface area contributed by atoms with Gasteiger partial charge in [-0.15, -0.1) is 0 Å². The molecule has 3 N–H and O–H groups in total. The maximum Gasteiger partial charge on any atom is 0.243 e. The van der Waals surface area contributed by atoms with E-state index in [2.05, 4.69) is 0 Å². The van der Waals surface area contributed by atoms with Crippen LogP contribution in [0.4, 0.5) is 5.69 Å². The number of aliphatic hydroxyl groups excluding tert-OH is 1. The number of aliphatic hydroxyl groups is 1. The molecule has 1 heterocycles. The Morgan fingerprint density at radius 1 is 1.50 bits per heavy atom. The van der Waals surface area contributed by atoms with Gasteiger partial charge in [0.05, 0.1) is 4.90 Å². The van der Waals surface area contributed by atoms with Crippen molar-refractivity contribution in [2.75, 3.05) is 25.4 Å². The van der Waals surface area contributed by atoms with Crippen molar-refractivity contribution in [2.45, 2.75) is 24.7 Å². The molecule has 1 saturated heterocycles.